The van der Waals surface area contributed by atoms with Gasteiger partial charge in [-0.3, -0.25) is 9.69 Å². The van der Waals surface area contributed by atoms with E-state index in [-0.39, 0.29) is 5.91 Å². The first-order valence-electron chi connectivity index (χ1n) is 6.63. The van der Waals surface area contributed by atoms with Crippen molar-refractivity contribution >= 4 is 51.9 Å². The van der Waals surface area contributed by atoms with E-state index in [1.165, 1.54) is 11.8 Å². The van der Waals surface area contributed by atoms with Crippen molar-refractivity contribution in [1.82, 2.24) is 4.90 Å². The Morgan fingerprint density at radius 1 is 1.35 bits per heavy atom. The third kappa shape index (κ3) is 3.62. The van der Waals surface area contributed by atoms with Crippen LogP contribution in [0.15, 0.2) is 29.2 Å². The van der Waals surface area contributed by atoms with E-state index in [1.54, 1.807) is 4.90 Å². The molecule has 0 N–H and O–H groups in total. The van der Waals surface area contributed by atoms with Gasteiger partial charge in [-0.05, 0) is 24.1 Å². The maximum Gasteiger partial charge on any atom is 0.266 e. The van der Waals surface area contributed by atoms with E-state index >= 15 is 0 Å². The molecule has 1 amide bonds. The summed E-state index contributed by atoms with van der Waals surface area (Å²) in [6.07, 6.45) is 5.05. The lowest BCUT2D eigenvalue weighted by Crippen LogP contribution is -2.28. The summed E-state index contributed by atoms with van der Waals surface area (Å²) in [6, 6.07) is 7.48. The zero-order valence-corrected chi connectivity index (χ0v) is 13.7. The Bertz CT molecular complexity index is 557. The van der Waals surface area contributed by atoms with Gasteiger partial charge in [-0.15, -0.1) is 0 Å². The second kappa shape index (κ2) is 7.25. The van der Waals surface area contributed by atoms with Crippen molar-refractivity contribution in [2.24, 2.45) is 0 Å². The molecule has 2 rings (SSSR count). The summed E-state index contributed by atoms with van der Waals surface area (Å²) in [5, 5.41) is 0.642. The lowest BCUT2D eigenvalue weighted by molar-refractivity contribution is -0.122. The number of hydrogen-bond acceptors (Lipinski definition) is 3. The molecule has 2 nitrogen and oxygen atoms in total. The molecule has 5 heteroatoms. The molecular weight excluding hydrogens is 310 g/mol. The first-order valence-corrected chi connectivity index (χ1v) is 8.23. The highest BCUT2D eigenvalue weighted by molar-refractivity contribution is 8.26. The van der Waals surface area contributed by atoms with Crippen LogP contribution in [-0.2, 0) is 4.79 Å². The van der Waals surface area contributed by atoms with Gasteiger partial charge in [0.1, 0.15) is 4.32 Å². The van der Waals surface area contributed by atoms with Crippen molar-refractivity contribution in [2.75, 3.05) is 6.54 Å². The molecule has 0 bridgehead atoms. The van der Waals surface area contributed by atoms with Gasteiger partial charge in [-0.1, -0.05) is 73.5 Å². The minimum Gasteiger partial charge on any atom is -0.293 e. The van der Waals surface area contributed by atoms with E-state index in [1.807, 2.05) is 30.3 Å². The van der Waals surface area contributed by atoms with Gasteiger partial charge in [-0.25, -0.2) is 0 Å². The SMILES string of the molecule is CCCCCN1C(=O)/C(=C/c2ccccc2Cl)SC1=S. The van der Waals surface area contributed by atoms with Crippen molar-refractivity contribution in [3.8, 4) is 0 Å². The number of carbonyl (C=O) groups excluding carboxylic acids is 1. The normalized spacial score (nSPS) is 17.3. The predicted molar refractivity (Wildman–Crippen MR) is 90.9 cm³/mol. The fourth-order valence-corrected chi connectivity index (χ4v) is 3.44. The minimum absolute atomic E-state index is 0.00368. The molecule has 0 atom stereocenters. The van der Waals surface area contributed by atoms with E-state index in [4.69, 9.17) is 23.8 Å². The van der Waals surface area contributed by atoms with Gasteiger partial charge >= 0.3 is 0 Å². The summed E-state index contributed by atoms with van der Waals surface area (Å²) in [5.74, 6) is -0.00368. The highest BCUT2D eigenvalue weighted by Crippen LogP contribution is 2.33. The number of thioether (sulfide) groups is 1. The molecule has 1 aromatic rings. The average Bonchev–Trinajstić information content (AvgIpc) is 2.69. The number of rotatable bonds is 5. The molecule has 0 radical (unpaired) electrons. The zero-order valence-electron chi connectivity index (χ0n) is 11.3. The number of amides is 1. The molecule has 1 heterocycles. The number of thiocarbonyl (C=S) groups is 1. The number of nitrogens with zero attached hydrogens (tertiary/aromatic N) is 1. The molecule has 1 aliphatic rings. The van der Waals surface area contributed by atoms with E-state index in [9.17, 15) is 4.79 Å². The summed E-state index contributed by atoms with van der Waals surface area (Å²) < 4.78 is 0.643. The quantitative estimate of drug-likeness (QED) is 0.443. The molecule has 0 unspecified atom stereocenters. The summed E-state index contributed by atoms with van der Waals surface area (Å²) in [7, 11) is 0. The Labute approximate surface area is 134 Å². The van der Waals surface area contributed by atoms with E-state index in [0.29, 0.717) is 20.8 Å². The van der Waals surface area contributed by atoms with Crippen molar-refractivity contribution in [1.29, 1.82) is 0 Å². The van der Waals surface area contributed by atoms with Crippen LogP contribution in [-0.4, -0.2) is 21.7 Å². The van der Waals surface area contributed by atoms with Gasteiger partial charge in [0.25, 0.3) is 5.91 Å². The van der Waals surface area contributed by atoms with E-state index in [0.717, 1.165) is 24.8 Å². The molecule has 1 aromatic carbocycles. The second-order valence-electron chi connectivity index (χ2n) is 4.56. The Balaban J connectivity index is 2.13. The molecular formula is C15H16ClNOS2. The third-order valence-corrected chi connectivity index (χ3v) is 4.77. The molecule has 0 spiro atoms. The molecule has 0 saturated carbocycles. The fraction of sp³-hybridized carbons (Fsp3) is 0.333. The molecule has 1 saturated heterocycles. The van der Waals surface area contributed by atoms with Crippen LogP contribution in [0.1, 0.15) is 31.7 Å². The number of halogens is 1. The minimum atomic E-state index is -0.00368. The van der Waals surface area contributed by atoms with Gasteiger partial charge in [0.15, 0.2) is 0 Å². The van der Waals surface area contributed by atoms with E-state index in [2.05, 4.69) is 6.92 Å². The van der Waals surface area contributed by atoms with Crippen molar-refractivity contribution < 1.29 is 4.79 Å². The summed E-state index contributed by atoms with van der Waals surface area (Å²) >= 11 is 12.8. The number of unbranched alkanes of at least 4 members (excludes halogenated alkanes) is 2. The lowest BCUT2D eigenvalue weighted by Gasteiger charge is -2.13. The standard InChI is InChI=1S/C15H16ClNOS2/c1-2-3-6-9-17-14(18)13(20-15(17)19)10-11-7-4-5-8-12(11)16/h4-5,7-8,10H,2-3,6,9H2,1H3/b13-10-. The Hall–Kier alpha value is -0.840. The molecule has 0 aliphatic carbocycles. The fourth-order valence-electron chi connectivity index (χ4n) is 1.95. The third-order valence-electron chi connectivity index (χ3n) is 3.05. The highest BCUT2D eigenvalue weighted by atomic mass is 35.5. The second-order valence-corrected chi connectivity index (χ2v) is 6.64. The largest absolute Gasteiger partial charge is 0.293 e. The van der Waals surface area contributed by atoms with Crippen molar-refractivity contribution in [3.05, 3.63) is 39.8 Å². The van der Waals surface area contributed by atoms with Crippen LogP contribution < -0.4 is 0 Å². The van der Waals surface area contributed by atoms with Crippen LogP contribution in [0.25, 0.3) is 6.08 Å². The van der Waals surface area contributed by atoms with Gasteiger partial charge in [0.05, 0.1) is 4.91 Å². The molecule has 20 heavy (non-hydrogen) atoms. The van der Waals surface area contributed by atoms with Crippen LogP contribution in [0, 0.1) is 0 Å². The van der Waals surface area contributed by atoms with Crippen molar-refractivity contribution in [3.63, 3.8) is 0 Å². The van der Waals surface area contributed by atoms with Crippen LogP contribution in [0.5, 0.6) is 0 Å². The average molecular weight is 326 g/mol. The number of carbonyl (C=O) groups is 1. The topological polar surface area (TPSA) is 20.3 Å². The Morgan fingerprint density at radius 3 is 2.80 bits per heavy atom. The maximum absolute atomic E-state index is 12.3. The maximum atomic E-state index is 12.3. The van der Waals surface area contributed by atoms with Gasteiger partial charge in [-0.2, -0.15) is 0 Å². The van der Waals surface area contributed by atoms with Gasteiger partial charge in [0.2, 0.25) is 0 Å². The molecule has 1 aliphatic heterocycles. The number of hydrogen-bond donors (Lipinski definition) is 0. The lowest BCUT2D eigenvalue weighted by atomic mass is 10.2. The first kappa shape index (κ1) is 15.5. The van der Waals surface area contributed by atoms with Crippen LogP contribution in [0.2, 0.25) is 5.02 Å². The monoisotopic (exact) mass is 325 g/mol. The molecule has 0 aromatic heterocycles. The van der Waals surface area contributed by atoms with Crippen LogP contribution in [0.3, 0.4) is 0 Å². The van der Waals surface area contributed by atoms with Crippen molar-refractivity contribution in [2.45, 2.75) is 26.2 Å². The van der Waals surface area contributed by atoms with Crippen LogP contribution in [0.4, 0.5) is 0 Å². The molecule has 106 valence electrons. The molecule has 1 fully saturated rings. The summed E-state index contributed by atoms with van der Waals surface area (Å²) in [6.45, 7) is 2.85. The zero-order chi connectivity index (χ0) is 14.5. The van der Waals surface area contributed by atoms with Crippen LogP contribution >= 0.6 is 35.6 Å². The Morgan fingerprint density at radius 2 is 2.10 bits per heavy atom. The van der Waals surface area contributed by atoms with E-state index < -0.39 is 0 Å². The highest BCUT2D eigenvalue weighted by Gasteiger charge is 2.31. The van der Waals surface area contributed by atoms with Gasteiger partial charge in [0, 0.05) is 11.6 Å². The Kier molecular flexibility index (Phi) is 5.64. The smallest absolute Gasteiger partial charge is 0.266 e. The predicted octanol–water partition coefficient (Wildman–Crippen LogP) is 4.73. The summed E-state index contributed by atoms with van der Waals surface area (Å²) in [5.41, 5.74) is 0.850. The van der Waals surface area contributed by atoms with Gasteiger partial charge < -0.3 is 0 Å². The summed E-state index contributed by atoms with van der Waals surface area (Å²) in [4.78, 5) is 14.7. The number of benzene rings is 1. The first-order chi connectivity index (χ1) is 9.63.